The Bertz CT molecular complexity index is 1970. The molecule has 2 aromatic carbocycles. The van der Waals surface area contributed by atoms with E-state index < -0.39 is 23.1 Å². The molecule has 4 aromatic rings. The van der Waals surface area contributed by atoms with Gasteiger partial charge in [0.15, 0.2) is 5.60 Å². The number of furan rings is 1. The SMILES string of the molecule is CCNCNc1cccc(-n2ncc3c2C=C2CCC4C([C@@H](O)C[C@@]5(C)C4CC[C@]5(OC(=O)c4ccco4)C(=O)NCc4ccccc4)[C@@]2(C)C3)c1. The molecule has 10 heteroatoms. The molecule has 2 aromatic heterocycles. The van der Waals surface area contributed by atoms with Gasteiger partial charge in [0, 0.05) is 17.6 Å². The molecule has 4 aliphatic rings. The van der Waals surface area contributed by atoms with Crippen LogP contribution >= 0.6 is 0 Å². The molecule has 52 heavy (non-hydrogen) atoms. The first-order valence-corrected chi connectivity index (χ1v) is 18.8. The summed E-state index contributed by atoms with van der Waals surface area (Å²) in [6, 6.07) is 21.3. The van der Waals surface area contributed by atoms with E-state index in [1.807, 2.05) is 47.3 Å². The summed E-state index contributed by atoms with van der Waals surface area (Å²) in [5.41, 5.74) is 4.09. The zero-order valence-corrected chi connectivity index (χ0v) is 30.2. The second-order valence-electron chi connectivity index (χ2n) is 15.7. The van der Waals surface area contributed by atoms with E-state index >= 15 is 0 Å². The molecular formula is C42H49N5O5. The highest BCUT2D eigenvalue weighted by Gasteiger charge is 2.71. The molecule has 7 atom stereocenters. The highest BCUT2D eigenvalue weighted by Crippen LogP contribution is 2.68. The number of carbonyl (C=O) groups is 2. The Morgan fingerprint density at radius 2 is 1.92 bits per heavy atom. The number of anilines is 1. The predicted molar refractivity (Wildman–Crippen MR) is 198 cm³/mol. The van der Waals surface area contributed by atoms with E-state index in [-0.39, 0.29) is 34.8 Å². The van der Waals surface area contributed by atoms with Gasteiger partial charge in [-0.05, 0) is 116 Å². The van der Waals surface area contributed by atoms with Gasteiger partial charge in [0.05, 0.1) is 36.6 Å². The Balaban J connectivity index is 1.09. The second kappa shape index (κ2) is 13.4. The molecular weight excluding hydrogens is 654 g/mol. The second-order valence-corrected chi connectivity index (χ2v) is 15.7. The highest BCUT2D eigenvalue weighted by atomic mass is 16.6. The Labute approximate surface area is 305 Å². The Hall–Kier alpha value is -4.67. The lowest BCUT2D eigenvalue weighted by molar-refractivity contribution is -0.182. The van der Waals surface area contributed by atoms with Gasteiger partial charge >= 0.3 is 5.97 Å². The standard InChI is InChI=1S/C42H49N5O5/c1-4-43-26-45-30-12-8-13-31(21-30)47-34-20-29-15-16-32-33-17-18-42(52-38(49)36-14-9-19-51-36,39(50)44-24-27-10-6-5-7-11-27)41(33,3)23-35(48)37(32)40(29,2)22-28(34)25-46-47/h5-14,19-21,25,32-33,35,37,43,45,48H,4,15-18,22-24,26H2,1-3H3,(H,44,50)/t32?,33?,35-,37?,40-,41-,42-/m0/s1. The predicted octanol–water partition coefficient (Wildman–Crippen LogP) is 6.51. The number of fused-ring (bicyclic) bond motifs is 6. The van der Waals surface area contributed by atoms with Crippen molar-refractivity contribution in [3.63, 3.8) is 0 Å². The molecule has 4 aliphatic carbocycles. The summed E-state index contributed by atoms with van der Waals surface area (Å²) in [7, 11) is 0. The van der Waals surface area contributed by atoms with Crippen LogP contribution in [0.2, 0.25) is 0 Å². The normalized spacial score (nSPS) is 30.3. The number of amides is 1. The molecule has 0 bridgehead atoms. The van der Waals surface area contributed by atoms with Gasteiger partial charge < -0.3 is 30.2 Å². The van der Waals surface area contributed by atoms with Crippen LogP contribution in [0.1, 0.15) is 80.3 Å². The molecule has 0 aliphatic heterocycles. The fourth-order valence-electron chi connectivity index (χ4n) is 10.5. The molecule has 3 unspecified atom stereocenters. The smallest absolute Gasteiger partial charge is 0.375 e. The fourth-order valence-corrected chi connectivity index (χ4v) is 10.5. The van der Waals surface area contributed by atoms with E-state index in [2.05, 4.69) is 61.0 Å². The van der Waals surface area contributed by atoms with Crippen molar-refractivity contribution in [3.05, 3.63) is 107 Å². The number of allylic oxidation sites excluding steroid dienone is 1. The van der Waals surface area contributed by atoms with Crippen molar-refractivity contribution in [1.82, 2.24) is 20.4 Å². The first-order chi connectivity index (χ1) is 25.2. The first kappa shape index (κ1) is 34.4. The number of nitrogens with one attached hydrogen (secondary N) is 3. The lowest BCUT2D eigenvalue weighted by Gasteiger charge is -2.60. The van der Waals surface area contributed by atoms with Gasteiger partial charge in [-0.3, -0.25) is 4.79 Å². The van der Waals surface area contributed by atoms with E-state index in [9.17, 15) is 14.7 Å². The van der Waals surface area contributed by atoms with Crippen molar-refractivity contribution in [2.75, 3.05) is 18.5 Å². The van der Waals surface area contributed by atoms with Crippen LogP contribution in [0, 0.1) is 28.6 Å². The Morgan fingerprint density at radius 3 is 2.71 bits per heavy atom. The minimum Gasteiger partial charge on any atom is -0.457 e. The largest absolute Gasteiger partial charge is 0.457 e. The van der Waals surface area contributed by atoms with E-state index in [4.69, 9.17) is 14.3 Å². The molecule has 3 fully saturated rings. The van der Waals surface area contributed by atoms with Crippen LogP contribution in [0.4, 0.5) is 5.69 Å². The molecule has 1 amide bonds. The number of carbonyl (C=O) groups excluding carboxylic acids is 2. The van der Waals surface area contributed by atoms with Gasteiger partial charge in [0.25, 0.3) is 5.91 Å². The van der Waals surface area contributed by atoms with E-state index in [1.54, 1.807) is 12.1 Å². The summed E-state index contributed by atoms with van der Waals surface area (Å²) in [6.07, 6.45) is 9.08. The minimum absolute atomic E-state index is 0.00961. The van der Waals surface area contributed by atoms with Gasteiger partial charge in [-0.25, -0.2) is 9.48 Å². The molecule has 8 rings (SSSR count). The van der Waals surface area contributed by atoms with Gasteiger partial charge in [0.2, 0.25) is 5.76 Å². The van der Waals surface area contributed by atoms with E-state index in [0.29, 0.717) is 26.1 Å². The van der Waals surface area contributed by atoms with Crippen LogP contribution < -0.4 is 16.0 Å². The summed E-state index contributed by atoms with van der Waals surface area (Å²) in [6.45, 7) is 8.37. The van der Waals surface area contributed by atoms with Crippen LogP contribution in [0.25, 0.3) is 11.8 Å². The summed E-state index contributed by atoms with van der Waals surface area (Å²) in [4.78, 5) is 28.1. The van der Waals surface area contributed by atoms with E-state index in [1.165, 1.54) is 17.4 Å². The maximum absolute atomic E-state index is 14.5. The summed E-state index contributed by atoms with van der Waals surface area (Å²) >= 11 is 0. The molecule has 0 saturated heterocycles. The van der Waals surface area contributed by atoms with Gasteiger partial charge in [-0.15, -0.1) is 0 Å². The summed E-state index contributed by atoms with van der Waals surface area (Å²) in [5.74, 6) is -0.693. The van der Waals surface area contributed by atoms with Crippen molar-refractivity contribution in [2.24, 2.45) is 28.6 Å². The molecule has 3 saturated carbocycles. The number of aromatic nitrogens is 2. The summed E-state index contributed by atoms with van der Waals surface area (Å²) < 4.78 is 13.8. The molecule has 2 heterocycles. The number of ether oxygens (including phenoxy) is 1. The number of aliphatic hydroxyl groups is 1. The molecule has 0 spiro atoms. The van der Waals surface area contributed by atoms with Crippen molar-refractivity contribution < 1.29 is 23.8 Å². The number of benzene rings is 2. The third kappa shape index (κ3) is 5.58. The number of hydrogen-bond donors (Lipinski definition) is 4. The van der Waals surface area contributed by atoms with E-state index in [0.717, 1.165) is 54.9 Å². The van der Waals surface area contributed by atoms with Gasteiger partial charge in [-0.1, -0.05) is 62.7 Å². The van der Waals surface area contributed by atoms with Gasteiger partial charge in [-0.2, -0.15) is 5.10 Å². The Morgan fingerprint density at radius 1 is 1.08 bits per heavy atom. The average Bonchev–Trinajstić information content (AvgIpc) is 3.89. The van der Waals surface area contributed by atoms with Crippen LogP contribution in [-0.2, 0) is 22.5 Å². The van der Waals surface area contributed by atoms with Crippen molar-refractivity contribution in [3.8, 4) is 5.69 Å². The zero-order chi connectivity index (χ0) is 36.1. The molecule has 4 N–H and O–H groups in total. The number of hydrogen-bond acceptors (Lipinski definition) is 8. The quantitative estimate of drug-likeness (QED) is 0.0836. The van der Waals surface area contributed by atoms with Crippen molar-refractivity contribution in [2.45, 2.75) is 77.5 Å². The molecule has 0 radical (unpaired) electrons. The van der Waals surface area contributed by atoms with Crippen LogP contribution in [-0.4, -0.2) is 51.7 Å². The maximum atomic E-state index is 14.5. The third-order valence-electron chi connectivity index (χ3n) is 13.0. The van der Waals surface area contributed by atoms with Crippen molar-refractivity contribution in [1.29, 1.82) is 0 Å². The number of nitrogens with zero attached hydrogens (tertiary/aromatic N) is 2. The maximum Gasteiger partial charge on any atom is 0.375 e. The molecule has 10 nitrogen and oxygen atoms in total. The zero-order valence-electron chi connectivity index (χ0n) is 30.2. The summed E-state index contributed by atoms with van der Waals surface area (Å²) in [5, 5.41) is 27.1. The topological polar surface area (TPSA) is 131 Å². The van der Waals surface area contributed by atoms with Crippen LogP contribution in [0.15, 0.2) is 89.2 Å². The molecule has 272 valence electrons. The van der Waals surface area contributed by atoms with Crippen LogP contribution in [0.5, 0.6) is 0 Å². The minimum atomic E-state index is -1.46. The number of esters is 1. The van der Waals surface area contributed by atoms with Crippen LogP contribution in [0.3, 0.4) is 0 Å². The third-order valence-corrected chi connectivity index (χ3v) is 13.0. The first-order valence-electron chi connectivity index (χ1n) is 18.8. The number of rotatable bonds is 10. The Kier molecular flexibility index (Phi) is 8.86. The monoisotopic (exact) mass is 703 g/mol. The highest BCUT2D eigenvalue weighted by molar-refractivity contribution is 5.93. The average molecular weight is 704 g/mol. The lowest BCUT2D eigenvalue weighted by atomic mass is 9.45. The lowest BCUT2D eigenvalue weighted by Crippen LogP contribution is -2.64. The fraction of sp³-hybridized carbons (Fsp3) is 0.452. The number of aliphatic hydroxyl groups excluding tert-OH is 1. The van der Waals surface area contributed by atoms with Gasteiger partial charge in [0.1, 0.15) is 0 Å². The van der Waals surface area contributed by atoms with Crippen molar-refractivity contribution >= 4 is 23.6 Å².